The van der Waals surface area contributed by atoms with Crippen molar-refractivity contribution in [3.63, 3.8) is 0 Å². The number of aryl methyl sites for hydroxylation is 1. The number of aromatic nitrogens is 3. The van der Waals surface area contributed by atoms with Crippen molar-refractivity contribution in [3.8, 4) is 10.6 Å². The van der Waals surface area contributed by atoms with E-state index in [-0.39, 0.29) is 5.82 Å². The number of rotatable bonds is 4. The molecule has 7 heteroatoms. The molecular formula is C15H14FN5S. The molecule has 2 N–H and O–H groups in total. The van der Waals surface area contributed by atoms with E-state index in [1.54, 1.807) is 25.5 Å². The third-order valence-electron chi connectivity index (χ3n) is 3.08. The van der Waals surface area contributed by atoms with Gasteiger partial charge in [-0.2, -0.15) is 0 Å². The largest absolute Gasteiger partial charge is 0.363 e. The summed E-state index contributed by atoms with van der Waals surface area (Å²) >= 11 is 1.42. The third-order valence-corrected chi connectivity index (χ3v) is 4.06. The van der Waals surface area contributed by atoms with E-state index in [4.69, 9.17) is 0 Å². The van der Waals surface area contributed by atoms with Crippen LogP contribution in [0.2, 0.25) is 0 Å². The average molecular weight is 315 g/mol. The van der Waals surface area contributed by atoms with Gasteiger partial charge in [0, 0.05) is 18.8 Å². The fourth-order valence-corrected chi connectivity index (χ4v) is 2.72. The van der Waals surface area contributed by atoms with Crippen LogP contribution in [0.4, 0.5) is 20.9 Å². The molecule has 0 fully saturated rings. The lowest BCUT2D eigenvalue weighted by Crippen LogP contribution is -1.97. The van der Waals surface area contributed by atoms with Gasteiger partial charge in [-0.3, -0.25) is 4.98 Å². The number of hydrogen-bond acceptors (Lipinski definition) is 6. The highest BCUT2D eigenvalue weighted by atomic mass is 32.1. The van der Waals surface area contributed by atoms with Crippen molar-refractivity contribution in [1.29, 1.82) is 0 Å². The molecule has 5 nitrogen and oxygen atoms in total. The molecule has 2 heterocycles. The van der Waals surface area contributed by atoms with Crippen LogP contribution in [0.25, 0.3) is 10.6 Å². The monoisotopic (exact) mass is 315 g/mol. The van der Waals surface area contributed by atoms with E-state index >= 15 is 0 Å². The molecule has 22 heavy (non-hydrogen) atoms. The van der Waals surface area contributed by atoms with Crippen LogP contribution in [0.15, 0.2) is 36.7 Å². The van der Waals surface area contributed by atoms with Crippen molar-refractivity contribution < 1.29 is 4.39 Å². The quantitative estimate of drug-likeness (QED) is 0.766. The molecule has 0 saturated carbocycles. The molecule has 1 aromatic carbocycles. The van der Waals surface area contributed by atoms with Gasteiger partial charge in [0.1, 0.15) is 5.82 Å². The number of halogens is 1. The Morgan fingerprint density at radius 3 is 2.73 bits per heavy atom. The van der Waals surface area contributed by atoms with E-state index in [1.165, 1.54) is 17.4 Å². The first kappa shape index (κ1) is 14.4. The van der Waals surface area contributed by atoms with E-state index in [2.05, 4.69) is 25.8 Å². The van der Waals surface area contributed by atoms with Crippen LogP contribution >= 0.6 is 11.3 Å². The summed E-state index contributed by atoms with van der Waals surface area (Å²) in [5.41, 5.74) is 2.79. The Hall–Kier alpha value is -2.54. The fraction of sp³-hybridized carbons (Fsp3) is 0.133. The van der Waals surface area contributed by atoms with Gasteiger partial charge in [0.15, 0.2) is 5.01 Å². The van der Waals surface area contributed by atoms with Crippen LogP contribution in [-0.4, -0.2) is 22.2 Å². The second kappa shape index (κ2) is 6.07. The van der Waals surface area contributed by atoms with E-state index < -0.39 is 0 Å². The molecule has 0 unspecified atom stereocenters. The SMILES string of the molecule is CNc1nnc(-c2ccncc2Nc2ccc(C)cc2F)s1. The standard InChI is InChI=1S/C15H14FN5S/c1-9-3-4-12(11(16)7-9)19-13-8-18-6-5-10(13)14-20-21-15(17-2)22-14/h3-8,19H,1-2H3,(H,17,21). The molecule has 2 aromatic heterocycles. The number of benzene rings is 1. The van der Waals surface area contributed by atoms with Gasteiger partial charge in [0.2, 0.25) is 5.13 Å². The van der Waals surface area contributed by atoms with Crippen molar-refractivity contribution in [2.75, 3.05) is 17.7 Å². The topological polar surface area (TPSA) is 62.7 Å². The van der Waals surface area contributed by atoms with Gasteiger partial charge in [0.25, 0.3) is 0 Å². The van der Waals surface area contributed by atoms with Crippen molar-refractivity contribution in [2.45, 2.75) is 6.92 Å². The Balaban J connectivity index is 1.97. The minimum absolute atomic E-state index is 0.303. The summed E-state index contributed by atoms with van der Waals surface area (Å²) in [6, 6.07) is 6.88. The predicted octanol–water partition coefficient (Wildman–Crippen LogP) is 3.83. The summed E-state index contributed by atoms with van der Waals surface area (Å²) in [5, 5.41) is 15.6. The Kier molecular flexibility index (Phi) is 3.97. The zero-order valence-corrected chi connectivity index (χ0v) is 12.9. The van der Waals surface area contributed by atoms with Gasteiger partial charge in [-0.25, -0.2) is 4.39 Å². The molecule has 0 aliphatic heterocycles. The Morgan fingerprint density at radius 2 is 2.00 bits per heavy atom. The third kappa shape index (κ3) is 2.89. The summed E-state index contributed by atoms with van der Waals surface area (Å²) in [4.78, 5) is 4.10. The second-order valence-electron chi connectivity index (χ2n) is 4.69. The highest BCUT2D eigenvalue weighted by molar-refractivity contribution is 7.18. The minimum Gasteiger partial charge on any atom is -0.363 e. The summed E-state index contributed by atoms with van der Waals surface area (Å²) < 4.78 is 14.0. The molecule has 3 aromatic rings. The minimum atomic E-state index is -0.303. The average Bonchev–Trinajstić information content (AvgIpc) is 2.99. The van der Waals surface area contributed by atoms with E-state index in [0.717, 1.165) is 21.3 Å². The maximum absolute atomic E-state index is 14.0. The first-order valence-electron chi connectivity index (χ1n) is 6.66. The van der Waals surface area contributed by atoms with Crippen LogP contribution in [0, 0.1) is 12.7 Å². The molecular weight excluding hydrogens is 301 g/mol. The number of hydrogen-bond donors (Lipinski definition) is 2. The molecule has 0 amide bonds. The van der Waals surface area contributed by atoms with Gasteiger partial charge in [-0.05, 0) is 30.7 Å². The highest BCUT2D eigenvalue weighted by Crippen LogP contribution is 2.33. The maximum atomic E-state index is 14.0. The number of nitrogens with zero attached hydrogens (tertiary/aromatic N) is 3. The van der Waals surface area contributed by atoms with Gasteiger partial charge < -0.3 is 10.6 Å². The van der Waals surface area contributed by atoms with Gasteiger partial charge in [-0.15, -0.1) is 10.2 Å². The summed E-state index contributed by atoms with van der Waals surface area (Å²) in [6.45, 7) is 1.85. The van der Waals surface area contributed by atoms with Crippen molar-refractivity contribution in [3.05, 3.63) is 48.0 Å². The molecule has 0 radical (unpaired) electrons. The summed E-state index contributed by atoms with van der Waals surface area (Å²) in [6.07, 6.45) is 3.32. The Labute approximate surface area is 131 Å². The molecule has 0 spiro atoms. The zero-order valence-electron chi connectivity index (χ0n) is 12.1. The lowest BCUT2D eigenvalue weighted by molar-refractivity contribution is 0.631. The Morgan fingerprint density at radius 1 is 1.14 bits per heavy atom. The first-order chi connectivity index (χ1) is 10.7. The van der Waals surface area contributed by atoms with Crippen LogP contribution in [0.1, 0.15) is 5.56 Å². The zero-order chi connectivity index (χ0) is 15.5. The van der Waals surface area contributed by atoms with Crippen molar-refractivity contribution in [1.82, 2.24) is 15.2 Å². The lowest BCUT2D eigenvalue weighted by Gasteiger charge is -2.10. The molecule has 0 bridgehead atoms. The van der Waals surface area contributed by atoms with Gasteiger partial charge in [-0.1, -0.05) is 17.4 Å². The molecule has 0 saturated heterocycles. The van der Waals surface area contributed by atoms with Gasteiger partial charge in [0.05, 0.1) is 17.6 Å². The van der Waals surface area contributed by atoms with Crippen molar-refractivity contribution >= 4 is 27.8 Å². The summed E-state index contributed by atoms with van der Waals surface area (Å²) in [5.74, 6) is -0.303. The molecule has 3 rings (SSSR count). The number of pyridine rings is 1. The van der Waals surface area contributed by atoms with Crippen LogP contribution in [-0.2, 0) is 0 Å². The number of anilines is 3. The van der Waals surface area contributed by atoms with E-state index in [0.29, 0.717) is 11.4 Å². The van der Waals surface area contributed by atoms with E-state index in [9.17, 15) is 4.39 Å². The van der Waals surface area contributed by atoms with Crippen LogP contribution in [0.3, 0.4) is 0 Å². The number of nitrogens with one attached hydrogen (secondary N) is 2. The van der Waals surface area contributed by atoms with Crippen LogP contribution in [0.5, 0.6) is 0 Å². The molecule has 0 aliphatic carbocycles. The normalized spacial score (nSPS) is 10.5. The summed E-state index contributed by atoms with van der Waals surface area (Å²) in [7, 11) is 1.79. The molecule has 112 valence electrons. The maximum Gasteiger partial charge on any atom is 0.205 e. The van der Waals surface area contributed by atoms with Crippen molar-refractivity contribution in [2.24, 2.45) is 0 Å². The lowest BCUT2D eigenvalue weighted by atomic mass is 10.2. The van der Waals surface area contributed by atoms with E-state index in [1.807, 2.05) is 19.1 Å². The fourth-order valence-electron chi connectivity index (χ4n) is 1.98. The Bertz CT molecular complexity index is 802. The first-order valence-corrected chi connectivity index (χ1v) is 7.48. The smallest absolute Gasteiger partial charge is 0.205 e. The predicted molar refractivity (Wildman–Crippen MR) is 87.1 cm³/mol. The second-order valence-corrected chi connectivity index (χ2v) is 5.67. The van der Waals surface area contributed by atoms with Crippen LogP contribution < -0.4 is 10.6 Å². The molecule has 0 aliphatic rings. The highest BCUT2D eigenvalue weighted by Gasteiger charge is 2.12. The molecule has 0 atom stereocenters. The van der Waals surface area contributed by atoms with Gasteiger partial charge >= 0.3 is 0 Å².